The van der Waals surface area contributed by atoms with Gasteiger partial charge in [-0.2, -0.15) is 0 Å². The molecular formula is C22H23F3N6. The lowest BCUT2D eigenvalue weighted by Crippen LogP contribution is -2.30. The number of hydrogen-bond donors (Lipinski definition) is 1. The number of aryl methyl sites for hydroxylation is 1. The molecule has 0 saturated heterocycles. The molecule has 0 unspecified atom stereocenters. The molecule has 6 nitrogen and oxygen atoms in total. The zero-order chi connectivity index (χ0) is 21.9. The second-order valence-corrected chi connectivity index (χ2v) is 8.48. The van der Waals surface area contributed by atoms with E-state index >= 15 is 0 Å². The van der Waals surface area contributed by atoms with Crippen LogP contribution in [-0.2, 0) is 0 Å². The maximum Gasteiger partial charge on any atom is 0.267 e. The van der Waals surface area contributed by atoms with Crippen molar-refractivity contribution in [1.82, 2.24) is 24.1 Å². The van der Waals surface area contributed by atoms with Gasteiger partial charge in [0, 0.05) is 23.7 Å². The third-order valence-corrected chi connectivity index (χ3v) is 5.83. The normalized spacial score (nSPS) is 14.8. The summed E-state index contributed by atoms with van der Waals surface area (Å²) in [5.41, 5.74) is 3.16. The van der Waals surface area contributed by atoms with Gasteiger partial charge in [-0.05, 0) is 57.4 Å². The number of anilines is 1. The number of alkyl halides is 2. The monoisotopic (exact) mass is 428 g/mol. The molecule has 1 N–H and O–H groups in total. The molecule has 5 rings (SSSR count). The predicted octanol–water partition coefficient (Wildman–Crippen LogP) is 5.23. The van der Waals surface area contributed by atoms with Gasteiger partial charge in [0.2, 0.25) is 5.95 Å². The van der Waals surface area contributed by atoms with E-state index in [1.54, 1.807) is 16.9 Å². The van der Waals surface area contributed by atoms with Gasteiger partial charge in [0.1, 0.15) is 11.3 Å². The van der Waals surface area contributed by atoms with E-state index < -0.39 is 24.2 Å². The topological polar surface area (TPSA) is 60.0 Å². The highest BCUT2D eigenvalue weighted by Crippen LogP contribution is 2.43. The minimum absolute atomic E-state index is 0.130. The average molecular weight is 428 g/mol. The molecule has 162 valence electrons. The molecule has 0 spiro atoms. The van der Waals surface area contributed by atoms with E-state index in [0.717, 1.165) is 16.9 Å². The zero-order valence-electron chi connectivity index (χ0n) is 17.5. The molecule has 0 bridgehead atoms. The van der Waals surface area contributed by atoms with Crippen LogP contribution in [0, 0.1) is 18.7 Å². The summed E-state index contributed by atoms with van der Waals surface area (Å²) in [6.45, 7) is 5.43. The van der Waals surface area contributed by atoms with E-state index in [4.69, 9.17) is 0 Å². The first-order valence-corrected chi connectivity index (χ1v) is 10.4. The van der Waals surface area contributed by atoms with Crippen molar-refractivity contribution in [3.05, 3.63) is 42.2 Å². The summed E-state index contributed by atoms with van der Waals surface area (Å²) < 4.78 is 46.3. The lowest BCUT2D eigenvalue weighted by molar-refractivity contribution is -0.00834. The first kappa shape index (κ1) is 19.8. The Labute approximate surface area is 177 Å². The van der Waals surface area contributed by atoms with Crippen LogP contribution in [0.15, 0.2) is 30.6 Å². The summed E-state index contributed by atoms with van der Waals surface area (Å²) in [6.07, 6.45) is 4.40. The van der Waals surface area contributed by atoms with E-state index in [-0.39, 0.29) is 12.0 Å². The fourth-order valence-electron chi connectivity index (χ4n) is 4.15. The summed E-state index contributed by atoms with van der Waals surface area (Å²) >= 11 is 0. The molecule has 1 fully saturated rings. The van der Waals surface area contributed by atoms with Gasteiger partial charge >= 0.3 is 0 Å². The quantitative estimate of drug-likeness (QED) is 0.457. The molecule has 1 aliphatic carbocycles. The number of nitrogens with one attached hydrogen (secondary N) is 1. The second-order valence-electron chi connectivity index (χ2n) is 8.48. The fourth-order valence-corrected chi connectivity index (χ4v) is 4.15. The number of benzene rings is 1. The Morgan fingerprint density at radius 3 is 2.71 bits per heavy atom. The van der Waals surface area contributed by atoms with E-state index in [2.05, 4.69) is 20.4 Å². The molecule has 0 atom stereocenters. The molecule has 1 aromatic carbocycles. The summed E-state index contributed by atoms with van der Waals surface area (Å²) in [5.74, 6) is -2.81. The Balaban J connectivity index is 1.50. The molecule has 1 saturated carbocycles. The van der Waals surface area contributed by atoms with E-state index in [1.165, 1.54) is 6.07 Å². The standard InChI is InChI=1S/C22H23F3N6/c1-12(2)31-13(3)28-20-17(23)8-14(9-18(20)31)16-6-7-30-19(16)10-26-21(29-30)27-11-22(24,25)15-4-5-15/h6-10,12,15H,4-5,11H2,1-3H3,(H,27,29). The number of imidazole rings is 1. The van der Waals surface area contributed by atoms with Crippen LogP contribution in [0.5, 0.6) is 0 Å². The van der Waals surface area contributed by atoms with E-state index in [9.17, 15) is 13.2 Å². The lowest BCUT2D eigenvalue weighted by atomic mass is 10.1. The summed E-state index contributed by atoms with van der Waals surface area (Å²) in [4.78, 5) is 8.57. The second kappa shape index (κ2) is 6.96. The number of halogens is 3. The molecule has 31 heavy (non-hydrogen) atoms. The van der Waals surface area contributed by atoms with Crippen molar-refractivity contribution in [3.8, 4) is 11.1 Å². The number of rotatable bonds is 6. The Morgan fingerprint density at radius 1 is 1.23 bits per heavy atom. The van der Waals surface area contributed by atoms with Crippen LogP contribution in [0.1, 0.15) is 38.6 Å². The number of hydrogen-bond acceptors (Lipinski definition) is 4. The highest BCUT2D eigenvalue weighted by Gasteiger charge is 2.46. The maximum absolute atomic E-state index is 14.8. The van der Waals surface area contributed by atoms with Crippen LogP contribution < -0.4 is 5.32 Å². The average Bonchev–Trinajstić information content (AvgIpc) is 3.41. The van der Waals surface area contributed by atoms with Crippen molar-refractivity contribution in [2.24, 2.45) is 5.92 Å². The summed E-state index contributed by atoms with van der Waals surface area (Å²) in [5, 5.41) is 6.93. The number of nitrogens with zero attached hydrogens (tertiary/aromatic N) is 5. The van der Waals surface area contributed by atoms with Crippen molar-refractivity contribution in [2.45, 2.75) is 45.6 Å². The minimum atomic E-state index is -2.76. The van der Waals surface area contributed by atoms with Crippen molar-refractivity contribution < 1.29 is 13.2 Å². The number of fused-ring (bicyclic) bond motifs is 2. The largest absolute Gasteiger partial charge is 0.347 e. The van der Waals surface area contributed by atoms with Gasteiger partial charge < -0.3 is 9.88 Å². The van der Waals surface area contributed by atoms with Crippen molar-refractivity contribution >= 4 is 22.5 Å². The molecule has 4 aromatic rings. The molecule has 3 aromatic heterocycles. The van der Waals surface area contributed by atoms with Gasteiger partial charge in [0.05, 0.1) is 23.8 Å². The highest BCUT2D eigenvalue weighted by molar-refractivity contribution is 5.88. The molecule has 1 aliphatic rings. The maximum atomic E-state index is 14.8. The Morgan fingerprint density at radius 2 is 2.00 bits per heavy atom. The van der Waals surface area contributed by atoms with Crippen LogP contribution in [0.25, 0.3) is 27.7 Å². The van der Waals surface area contributed by atoms with Crippen molar-refractivity contribution in [2.75, 3.05) is 11.9 Å². The van der Waals surface area contributed by atoms with Crippen LogP contribution in [0.2, 0.25) is 0 Å². The highest BCUT2D eigenvalue weighted by atomic mass is 19.3. The van der Waals surface area contributed by atoms with Gasteiger partial charge in [-0.25, -0.2) is 27.7 Å². The first-order chi connectivity index (χ1) is 14.7. The van der Waals surface area contributed by atoms with Gasteiger partial charge in [0.25, 0.3) is 5.92 Å². The fraction of sp³-hybridized carbons (Fsp3) is 0.409. The van der Waals surface area contributed by atoms with Gasteiger partial charge in [0.15, 0.2) is 5.82 Å². The SMILES string of the molecule is Cc1nc2c(F)cc(-c3ccn4nc(NCC(F)(F)C5CC5)ncc34)cc2n1C(C)C. The van der Waals surface area contributed by atoms with Crippen LogP contribution in [0.4, 0.5) is 19.1 Å². The van der Waals surface area contributed by atoms with Crippen LogP contribution >= 0.6 is 0 Å². The molecule has 0 radical (unpaired) electrons. The number of aromatic nitrogens is 5. The van der Waals surface area contributed by atoms with Crippen LogP contribution in [0.3, 0.4) is 0 Å². The predicted molar refractivity (Wildman–Crippen MR) is 113 cm³/mol. The zero-order valence-corrected chi connectivity index (χ0v) is 17.5. The molecule has 0 amide bonds. The molecular weight excluding hydrogens is 405 g/mol. The van der Waals surface area contributed by atoms with E-state index in [0.29, 0.717) is 29.4 Å². The lowest BCUT2D eigenvalue weighted by Gasteiger charge is -2.16. The Hall–Kier alpha value is -3.10. The van der Waals surface area contributed by atoms with Crippen molar-refractivity contribution in [3.63, 3.8) is 0 Å². The summed E-state index contributed by atoms with van der Waals surface area (Å²) in [7, 11) is 0. The Bertz CT molecular complexity index is 1290. The molecule has 9 heteroatoms. The third-order valence-electron chi connectivity index (χ3n) is 5.83. The molecule has 3 heterocycles. The molecule has 0 aliphatic heterocycles. The van der Waals surface area contributed by atoms with Gasteiger partial charge in [-0.15, -0.1) is 5.10 Å². The third kappa shape index (κ3) is 3.41. The first-order valence-electron chi connectivity index (χ1n) is 10.4. The van der Waals surface area contributed by atoms with Gasteiger partial charge in [-0.3, -0.25) is 0 Å². The summed E-state index contributed by atoms with van der Waals surface area (Å²) in [6, 6.07) is 5.32. The smallest absolute Gasteiger partial charge is 0.267 e. The van der Waals surface area contributed by atoms with E-state index in [1.807, 2.05) is 37.5 Å². The van der Waals surface area contributed by atoms with Crippen molar-refractivity contribution in [1.29, 1.82) is 0 Å². The van der Waals surface area contributed by atoms with Crippen LogP contribution in [-0.4, -0.2) is 36.6 Å². The van der Waals surface area contributed by atoms with Gasteiger partial charge in [-0.1, -0.05) is 0 Å². The minimum Gasteiger partial charge on any atom is -0.347 e. The Kier molecular flexibility index (Phi) is 4.46.